The van der Waals surface area contributed by atoms with Crippen LogP contribution in [0.3, 0.4) is 0 Å². The summed E-state index contributed by atoms with van der Waals surface area (Å²) in [6.07, 6.45) is 1.20. The Morgan fingerprint density at radius 3 is 2.92 bits per heavy atom. The quantitative estimate of drug-likeness (QED) is 0.421. The van der Waals surface area contributed by atoms with Crippen molar-refractivity contribution in [3.63, 3.8) is 0 Å². The minimum Gasteiger partial charge on any atom is -0.290 e. The van der Waals surface area contributed by atoms with Crippen LogP contribution in [0.25, 0.3) is 0 Å². The van der Waals surface area contributed by atoms with Gasteiger partial charge in [0.05, 0.1) is 5.69 Å². The molecule has 3 nitrogen and oxygen atoms in total. The van der Waals surface area contributed by atoms with Gasteiger partial charge in [0.15, 0.2) is 0 Å². The van der Waals surface area contributed by atoms with Gasteiger partial charge in [-0.15, -0.1) is 0 Å². The van der Waals surface area contributed by atoms with E-state index in [1.807, 2.05) is 18.5 Å². The molecule has 0 fully saturated rings. The van der Waals surface area contributed by atoms with Crippen molar-refractivity contribution in [1.29, 1.82) is 0 Å². The summed E-state index contributed by atoms with van der Waals surface area (Å²) >= 11 is 5.80. The Bertz CT molecular complexity index is 299. The van der Waals surface area contributed by atoms with Crippen LogP contribution in [0.2, 0.25) is 5.02 Å². The monoisotopic (exact) mass is 184 g/mol. The lowest BCUT2D eigenvalue weighted by Crippen LogP contribution is -2.00. The average Bonchev–Trinajstić information content (AvgIpc) is 2.07. The molecule has 0 heterocycles. The molecule has 0 saturated heterocycles. The third-order valence-corrected chi connectivity index (χ3v) is 1.84. The maximum absolute atomic E-state index is 8.23. The van der Waals surface area contributed by atoms with Gasteiger partial charge >= 0.3 is 0 Å². The molecule has 1 rings (SSSR count). The number of benzene rings is 1. The third kappa shape index (κ3) is 2.22. The molecule has 0 atom stereocenters. The van der Waals surface area contributed by atoms with E-state index in [0.29, 0.717) is 5.02 Å². The van der Waals surface area contributed by atoms with E-state index in [1.165, 1.54) is 6.34 Å². The van der Waals surface area contributed by atoms with Gasteiger partial charge in [-0.25, -0.2) is 4.99 Å². The molecule has 0 radical (unpaired) electrons. The molecule has 0 aliphatic heterocycles. The van der Waals surface area contributed by atoms with Crippen molar-refractivity contribution >= 4 is 23.6 Å². The van der Waals surface area contributed by atoms with E-state index in [-0.39, 0.29) is 0 Å². The fourth-order valence-corrected chi connectivity index (χ4v) is 0.930. The zero-order chi connectivity index (χ0) is 8.97. The molecule has 1 aromatic rings. The Morgan fingerprint density at radius 1 is 1.58 bits per heavy atom. The van der Waals surface area contributed by atoms with E-state index in [2.05, 4.69) is 4.99 Å². The van der Waals surface area contributed by atoms with Crippen molar-refractivity contribution in [2.75, 3.05) is 0 Å². The Hall–Kier alpha value is -1.06. The van der Waals surface area contributed by atoms with Gasteiger partial charge < -0.3 is 0 Å². The van der Waals surface area contributed by atoms with E-state index >= 15 is 0 Å². The van der Waals surface area contributed by atoms with Gasteiger partial charge in [-0.3, -0.25) is 10.7 Å². The highest BCUT2D eigenvalue weighted by atomic mass is 35.5. The molecule has 0 aliphatic rings. The number of hydrogen-bond acceptors (Lipinski definition) is 2. The first-order valence-electron chi connectivity index (χ1n) is 3.42. The first kappa shape index (κ1) is 9.03. The summed E-state index contributed by atoms with van der Waals surface area (Å²) in [4.78, 5) is 3.88. The van der Waals surface area contributed by atoms with Crippen LogP contribution in [0.5, 0.6) is 0 Å². The third-order valence-electron chi connectivity index (χ3n) is 1.41. The normalized spacial score (nSPS) is 10.6. The van der Waals surface area contributed by atoms with E-state index in [0.717, 1.165) is 11.3 Å². The first-order valence-corrected chi connectivity index (χ1v) is 3.80. The lowest BCUT2D eigenvalue weighted by atomic mass is 10.2. The number of nitrogens with one attached hydrogen (secondary N) is 1. The summed E-state index contributed by atoms with van der Waals surface area (Å²) in [6, 6.07) is 5.36. The van der Waals surface area contributed by atoms with E-state index in [4.69, 9.17) is 16.8 Å². The number of aryl methyl sites for hydroxylation is 1. The number of aliphatic imine (C=N–C) groups is 1. The van der Waals surface area contributed by atoms with Crippen molar-refractivity contribution < 1.29 is 5.21 Å². The second-order valence-electron chi connectivity index (χ2n) is 2.32. The van der Waals surface area contributed by atoms with E-state index < -0.39 is 0 Å². The molecule has 0 bridgehead atoms. The SMILES string of the molecule is Cc1cc(N=CNO)ccc1Cl. The van der Waals surface area contributed by atoms with Gasteiger partial charge in [0.1, 0.15) is 6.34 Å². The Morgan fingerprint density at radius 2 is 2.33 bits per heavy atom. The highest BCUT2D eigenvalue weighted by Crippen LogP contribution is 2.20. The molecule has 4 heteroatoms. The van der Waals surface area contributed by atoms with Crippen LogP contribution in [-0.2, 0) is 0 Å². The molecule has 0 aliphatic carbocycles. The summed E-state index contributed by atoms with van der Waals surface area (Å²) < 4.78 is 0. The summed E-state index contributed by atoms with van der Waals surface area (Å²) in [5, 5.41) is 8.94. The molecule has 0 unspecified atom stereocenters. The molecule has 2 N–H and O–H groups in total. The summed E-state index contributed by atoms with van der Waals surface area (Å²) in [7, 11) is 0. The zero-order valence-corrected chi connectivity index (χ0v) is 7.34. The zero-order valence-electron chi connectivity index (χ0n) is 6.58. The number of hydroxylamine groups is 1. The van der Waals surface area contributed by atoms with Gasteiger partial charge in [-0.1, -0.05) is 11.6 Å². The topological polar surface area (TPSA) is 44.6 Å². The van der Waals surface area contributed by atoms with Crippen LogP contribution in [0.15, 0.2) is 23.2 Å². The number of nitrogens with zero attached hydrogens (tertiary/aromatic N) is 1. The minimum absolute atomic E-state index is 0.714. The van der Waals surface area contributed by atoms with Crippen molar-refractivity contribution in [2.24, 2.45) is 4.99 Å². The molecule has 0 saturated carbocycles. The molecule has 0 aromatic heterocycles. The second-order valence-corrected chi connectivity index (χ2v) is 2.73. The van der Waals surface area contributed by atoms with Gasteiger partial charge in [-0.05, 0) is 30.7 Å². The summed E-state index contributed by atoms with van der Waals surface area (Å²) in [5.41, 5.74) is 3.54. The lowest BCUT2D eigenvalue weighted by molar-refractivity contribution is 0.240. The molecule has 0 spiro atoms. The minimum atomic E-state index is 0.714. The Labute approximate surface area is 75.7 Å². The van der Waals surface area contributed by atoms with Crippen LogP contribution in [-0.4, -0.2) is 11.5 Å². The van der Waals surface area contributed by atoms with Gasteiger partial charge in [0, 0.05) is 5.02 Å². The fraction of sp³-hybridized carbons (Fsp3) is 0.125. The summed E-state index contributed by atoms with van der Waals surface area (Å²) in [6.45, 7) is 1.90. The van der Waals surface area contributed by atoms with Gasteiger partial charge in [-0.2, -0.15) is 0 Å². The van der Waals surface area contributed by atoms with Crippen LogP contribution in [0, 0.1) is 6.92 Å². The smallest absolute Gasteiger partial charge is 0.113 e. The molecule has 12 heavy (non-hydrogen) atoms. The highest BCUT2D eigenvalue weighted by molar-refractivity contribution is 6.31. The summed E-state index contributed by atoms with van der Waals surface area (Å²) in [5.74, 6) is 0. The van der Waals surface area contributed by atoms with Crippen LogP contribution >= 0.6 is 11.6 Å². The van der Waals surface area contributed by atoms with Crippen molar-refractivity contribution in [3.05, 3.63) is 28.8 Å². The molecule has 1 aromatic carbocycles. The largest absolute Gasteiger partial charge is 0.290 e. The second kappa shape index (κ2) is 4.09. The fourth-order valence-electron chi connectivity index (χ4n) is 0.813. The standard InChI is InChI=1S/C8H9ClN2O/c1-6-4-7(10-5-11-12)2-3-8(6)9/h2-5,12H,1H3,(H,10,11). The maximum Gasteiger partial charge on any atom is 0.113 e. The average molecular weight is 185 g/mol. The van der Waals surface area contributed by atoms with Crippen LogP contribution in [0.4, 0.5) is 5.69 Å². The van der Waals surface area contributed by atoms with Crippen LogP contribution < -0.4 is 5.48 Å². The van der Waals surface area contributed by atoms with E-state index in [9.17, 15) is 0 Å². The Kier molecular flexibility index (Phi) is 3.08. The molecule has 64 valence electrons. The number of halogens is 1. The van der Waals surface area contributed by atoms with E-state index in [1.54, 1.807) is 12.1 Å². The predicted octanol–water partition coefficient (Wildman–Crippen LogP) is 2.29. The first-order chi connectivity index (χ1) is 5.74. The van der Waals surface area contributed by atoms with Gasteiger partial charge in [0.25, 0.3) is 0 Å². The maximum atomic E-state index is 8.23. The molecule has 0 amide bonds. The Balaban J connectivity index is 2.89. The molecular formula is C8H9ClN2O. The van der Waals surface area contributed by atoms with Crippen molar-refractivity contribution in [3.8, 4) is 0 Å². The lowest BCUT2D eigenvalue weighted by Gasteiger charge is -1.97. The van der Waals surface area contributed by atoms with Crippen LogP contribution in [0.1, 0.15) is 5.56 Å². The van der Waals surface area contributed by atoms with Crippen molar-refractivity contribution in [2.45, 2.75) is 6.92 Å². The highest BCUT2D eigenvalue weighted by Gasteiger charge is 1.94. The van der Waals surface area contributed by atoms with Crippen molar-refractivity contribution in [1.82, 2.24) is 5.48 Å². The molecular weight excluding hydrogens is 176 g/mol. The predicted molar refractivity (Wildman–Crippen MR) is 49.3 cm³/mol. The number of rotatable bonds is 2. The number of hydrogen-bond donors (Lipinski definition) is 2. The van der Waals surface area contributed by atoms with Gasteiger partial charge in [0.2, 0.25) is 0 Å².